The molecule has 0 saturated heterocycles. The second-order valence-electron chi connectivity index (χ2n) is 5.31. The number of nitro benzene ring substituents is 1. The van der Waals surface area contributed by atoms with Gasteiger partial charge in [0.25, 0.3) is 5.69 Å². The molecule has 0 radical (unpaired) electrons. The zero-order valence-corrected chi connectivity index (χ0v) is 12.7. The minimum absolute atomic E-state index is 0.0540. The van der Waals surface area contributed by atoms with Crippen LogP contribution in [0.15, 0.2) is 48.8 Å². The van der Waals surface area contributed by atoms with Crippen LogP contribution in [0.25, 0.3) is 16.7 Å². The molecule has 118 valence electrons. The Morgan fingerprint density at radius 3 is 2.83 bits per heavy atom. The van der Waals surface area contributed by atoms with Gasteiger partial charge in [-0.3, -0.25) is 14.5 Å². The Kier molecular flexibility index (Phi) is 3.09. The van der Waals surface area contributed by atoms with Crippen LogP contribution in [0.1, 0.15) is 5.56 Å². The zero-order valence-electron chi connectivity index (χ0n) is 12.7. The van der Waals surface area contributed by atoms with E-state index in [1.807, 2.05) is 28.7 Å². The summed E-state index contributed by atoms with van der Waals surface area (Å²) < 4.78 is 1.83. The summed E-state index contributed by atoms with van der Waals surface area (Å²) in [5, 5.41) is 22.3. The molecule has 0 aliphatic rings. The smallest absolute Gasteiger partial charge is 0.274 e. The second-order valence-corrected chi connectivity index (χ2v) is 5.31. The van der Waals surface area contributed by atoms with Gasteiger partial charge in [-0.25, -0.2) is 4.98 Å². The van der Waals surface area contributed by atoms with Gasteiger partial charge in [0, 0.05) is 11.8 Å². The van der Waals surface area contributed by atoms with E-state index in [0.29, 0.717) is 22.7 Å². The van der Waals surface area contributed by atoms with Crippen LogP contribution in [0.2, 0.25) is 0 Å². The fourth-order valence-corrected chi connectivity index (χ4v) is 2.67. The number of benzene rings is 2. The standard InChI is InChI=1S/C16H12N6O2/c1-10-11(6-4-8-13(10)22(23)24)18-15-16-20-17-9-21(16)14-7-3-2-5-12(14)19-15/h2-9H,1H3,(H,18,19). The van der Waals surface area contributed by atoms with Crippen LogP contribution in [0.3, 0.4) is 0 Å². The van der Waals surface area contributed by atoms with Gasteiger partial charge < -0.3 is 5.32 Å². The Balaban J connectivity index is 1.89. The van der Waals surface area contributed by atoms with E-state index in [4.69, 9.17) is 0 Å². The third-order valence-corrected chi connectivity index (χ3v) is 3.89. The summed E-state index contributed by atoms with van der Waals surface area (Å²) in [7, 11) is 0. The summed E-state index contributed by atoms with van der Waals surface area (Å²) >= 11 is 0. The van der Waals surface area contributed by atoms with Gasteiger partial charge in [-0.15, -0.1) is 10.2 Å². The molecular formula is C16H12N6O2. The zero-order chi connectivity index (χ0) is 16.7. The minimum Gasteiger partial charge on any atom is -0.337 e. The second kappa shape index (κ2) is 5.27. The number of aromatic nitrogens is 4. The molecule has 0 atom stereocenters. The van der Waals surface area contributed by atoms with Crippen molar-refractivity contribution in [3.63, 3.8) is 0 Å². The lowest BCUT2D eigenvalue weighted by atomic mass is 10.1. The molecule has 2 aromatic carbocycles. The van der Waals surface area contributed by atoms with Crippen LogP contribution in [-0.4, -0.2) is 24.5 Å². The Morgan fingerprint density at radius 1 is 1.17 bits per heavy atom. The number of nitro groups is 1. The number of hydrogen-bond donors (Lipinski definition) is 1. The van der Waals surface area contributed by atoms with Crippen molar-refractivity contribution in [2.45, 2.75) is 6.92 Å². The van der Waals surface area contributed by atoms with Gasteiger partial charge in [0.2, 0.25) is 5.65 Å². The quantitative estimate of drug-likeness (QED) is 0.459. The Morgan fingerprint density at radius 2 is 2.00 bits per heavy atom. The van der Waals surface area contributed by atoms with E-state index in [9.17, 15) is 10.1 Å². The van der Waals surface area contributed by atoms with Crippen molar-refractivity contribution >= 4 is 33.9 Å². The highest BCUT2D eigenvalue weighted by molar-refractivity contribution is 5.84. The van der Waals surface area contributed by atoms with Gasteiger partial charge in [0.1, 0.15) is 6.33 Å². The molecule has 2 heterocycles. The molecule has 0 bridgehead atoms. The molecule has 0 spiro atoms. The maximum Gasteiger partial charge on any atom is 0.274 e. The van der Waals surface area contributed by atoms with Crippen LogP contribution >= 0.6 is 0 Å². The average Bonchev–Trinajstić information content (AvgIpc) is 3.07. The van der Waals surface area contributed by atoms with Crippen LogP contribution < -0.4 is 5.32 Å². The Labute approximate surface area is 135 Å². The van der Waals surface area contributed by atoms with Crippen LogP contribution in [0, 0.1) is 17.0 Å². The number of para-hydroxylation sites is 2. The summed E-state index contributed by atoms with van der Waals surface area (Å²) in [5.41, 5.74) is 3.42. The van der Waals surface area contributed by atoms with E-state index < -0.39 is 4.92 Å². The summed E-state index contributed by atoms with van der Waals surface area (Å²) in [4.78, 5) is 15.3. The van der Waals surface area contributed by atoms with E-state index in [-0.39, 0.29) is 5.69 Å². The number of anilines is 2. The van der Waals surface area contributed by atoms with E-state index in [1.165, 1.54) is 6.07 Å². The maximum atomic E-state index is 11.1. The summed E-state index contributed by atoms with van der Waals surface area (Å²) in [6.07, 6.45) is 1.62. The lowest BCUT2D eigenvalue weighted by Crippen LogP contribution is -2.02. The highest BCUT2D eigenvalue weighted by atomic mass is 16.6. The maximum absolute atomic E-state index is 11.1. The predicted octanol–water partition coefficient (Wildman–Crippen LogP) is 3.24. The first kappa shape index (κ1) is 14.1. The first-order valence-corrected chi connectivity index (χ1v) is 7.24. The predicted molar refractivity (Wildman–Crippen MR) is 89.4 cm³/mol. The molecule has 4 aromatic rings. The van der Waals surface area contributed by atoms with Gasteiger partial charge in [-0.2, -0.15) is 0 Å². The normalized spacial score (nSPS) is 11.0. The third kappa shape index (κ3) is 2.12. The average molecular weight is 320 g/mol. The van der Waals surface area contributed by atoms with E-state index in [0.717, 1.165) is 11.0 Å². The van der Waals surface area contributed by atoms with Crippen molar-refractivity contribution in [2.24, 2.45) is 0 Å². The number of nitrogens with one attached hydrogen (secondary N) is 1. The van der Waals surface area contributed by atoms with Crippen molar-refractivity contribution in [2.75, 3.05) is 5.32 Å². The molecule has 2 aromatic heterocycles. The highest BCUT2D eigenvalue weighted by Crippen LogP contribution is 2.29. The van der Waals surface area contributed by atoms with Crippen molar-refractivity contribution in [1.29, 1.82) is 0 Å². The first-order chi connectivity index (χ1) is 11.6. The van der Waals surface area contributed by atoms with Gasteiger partial charge in [0.15, 0.2) is 5.82 Å². The topological polar surface area (TPSA) is 98.2 Å². The largest absolute Gasteiger partial charge is 0.337 e. The van der Waals surface area contributed by atoms with E-state index in [1.54, 1.807) is 25.4 Å². The van der Waals surface area contributed by atoms with Crippen molar-refractivity contribution in [3.05, 3.63) is 64.5 Å². The number of fused-ring (bicyclic) bond motifs is 3. The molecule has 24 heavy (non-hydrogen) atoms. The molecule has 0 aliphatic carbocycles. The molecule has 0 saturated carbocycles. The molecule has 1 N–H and O–H groups in total. The molecule has 0 aliphatic heterocycles. The molecule has 0 fully saturated rings. The third-order valence-electron chi connectivity index (χ3n) is 3.89. The highest BCUT2D eigenvalue weighted by Gasteiger charge is 2.16. The fourth-order valence-electron chi connectivity index (χ4n) is 2.67. The van der Waals surface area contributed by atoms with Crippen LogP contribution in [-0.2, 0) is 0 Å². The summed E-state index contributed by atoms with van der Waals surface area (Å²) in [6, 6.07) is 12.5. The minimum atomic E-state index is -0.402. The monoisotopic (exact) mass is 320 g/mol. The van der Waals surface area contributed by atoms with Crippen LogP contribution in [0.4, 0.5) is 17.2 Å². The first-order valence-electron chi connectivity index (χ1n) is 7.24. The van der Waals surface area contributed by atoms with Gasteiger partial charge in [-0.05, 0) is 25.1 Å². The van der Waals surface area contributed by atoms with Crippen molar-refractivity contribution in [1.82, 2.24) is 19.6 Å². The van der Waals surface area contributed by atoms with E-state index in [2.05, 4.69) is 20.5 Å². The molecule has 0 amide bonds. The van der Waals surface area contributed by atoms with Crippen molar-refractivity contribution in [3.8, 4) is 0 Å². The molecule has 8 heteroatoms. The van der Waals surface area contributed by atoms with Crippen molar-refractivity contribution < 1.29 is 4.92 Å². The van der Waals surface area contributed by atoms with Gasteiger partial charge in [-0.1, -0.05) is 18.2 Å². The summed E-state index contributed by atoms with van der Waals surface area (Å²) in [6.45, 7) is 1.70. The molecular weight excluding hydrogens is 308 g/mol. The number of hydrogen-bond acceptors (Lipinski definition) is 6. The van der Waals surface area contributed by atoms with Gasteiger partial charge in [0.05, 0.1) is 21.5 Å². The lowest BCUT2D eigenvalue weighted by Gasteiger charge is -2.11. The Hall–Kier alpha value is -3.55. The number of nitrogens with zero attached hydrogens (tertiary/aromatic N) is 5. The summed E-state index contributed by atoms with van der Waals surface area (Å²) in [5.74, 6) is 0.495. The molecule has 0 unspecified atom stereocenters. The van der Waals surface area contributed by atoms with Crippen LogP contribution in [0.5, 0.6) is 0 Å². The molecule has 8 nitrogen and oxygen atoms in total. The molecule has 4 rings (SSSR count). The SMILES string of the molecule is Cc1c(Nc2nc3ccccc3n3cnnc23)cccc1[N+](=O)[O-]. The fraction of sp³-hybridized carbons (Fsp3) is 0.0625. The van der Waals surface area contributed by atoms with E-state index >= 15 is 0 Å². The number of rotatable bonds is 3. The van der Waals surface area contributed by atoms with Gasteiger partial charge >= 0.3 is 0 Å². The Bertz CT molecular complexity index is 1090. The lowest BCUT2D eigenvalue weighted by molar-refractivity contribution is -0.385.